The van der Waals surface area contributed by atoms with Gasteiger partial charge in [0.25, 0.3) is 11.1 Å². The fourth-order valence-corrected chi connectivity index (χ4v) is 4.26. The average molecular weight is 448 g/mol. The Balaban J connectivity index is 1.87. The Morgan fingerprint density at radius 2 is 1.93 bits per heavy atom. The molecule has 0 atom stereocenters. The number of benzene rings is 2. The summed E-state index contributed by atoms with van der Waals surface area (Å²) in [5, 5.41) is -0.271. The molecule has 0 bridgehead atoms. The number of carbonyl (C=O) groups is 2. The first-order valence-electron chi connectivity index (χ1n) is 8.15. The zero-order valence-electron chi connectivity index (χ0n) is 15.1. The molecule has 3 rings (SSSR count). The summed E-state index contributed by atoms with van der Waals surface area (Å²) >= 11 is 4.38. The van der Waals surface area contributed by atoms with Crippen LogP contribution in [0.25, 0.3) is 6.08 Å². The van der Waals surface area contributed by atoms with E-state index < -0.39 is 0 Å². The van der Waals surface area contributed by atoms with Crippen LogP contribution in [0.1, 0.15) is 16.7 Å². The van der Waals surface area contributed by atoms with Gasteiger partial charge in [-0.25, -0.2) is 0 Å². The number of aryl methyl sites for hydroxylation is 1. The van der Waals surface area contributed by atoms with Gasteiger partial charge in [-0.15, -0.1) is 0 Å². The third-order valence-corrected chi connectivity index (χ3v) is 5.55. The Morgan fingerprint density at radius 1 is 1.15 bits per heavy atom. The normalized spacial score (nSPS) is 15.6. The first-order valence-corrected chi connectivity index (χ1v) is 9.76. The van der Waals surface area contributed by atoms with E-state index in [0.29, 0.717) is 20.9 Å². The summed E-state index contributed by atoms with van der Waals surface area (Å²) in [7, 11) is 3.10. The van der Waals surface area contributed by atoms with Crippen molar-refractivity contribution in [1.82, 2.24) is 4.90 Å². The standard InChI is InChI=1S/C20H18BrNO4S/c1-12-5-4-6-13(7-12)11-22-19(23)17(27-20(22)24)10-14-8-15(21)18(26-3)16(9-14)25-2/h4-10H,11H2,1-3H3/b17-10-. The van der Waals surface area contributed by atoms with Crippen LogP contribution in [0.2, 0.25) is 0 Å². The highest BCUT2D eigenvalue weighted by atomic mass is 79.9. The number of ether oxygens (including phenoxy) is 2. The van der Waals surface area contributed by atoms with Gasteiger partial charge in [-0.05, 0) is 64.0 Å². The SMILES string of the molecule is COc1cc(/C=C2\SC(=O)N(Cc3cccc(C)c3)C2=O)cc(Br)c1OC. The van der Waals surface area contributed by atoms with Gasteiger partial charge in [-0.3, -0.25) is 14.5 Å². The molecule has 0 radical (unpaired) electrons. The predicted octanol–water partition coefficient (Wildman–Crippen LogP) is 5.01. The van der Waals surface area contributed by atoms with Crippen LogP contribution in [0.15, 0.2) is 45.8 Å². The van der Waals surface area contributed by atoms with E-state index >= 15 is 0 Å². The Morgan fingerprint density at radius 3 is 2.59 bits per heavy atom. The molecule has 7 heteroatoms. The Hall–Kier alpha value is -2.25. The van der Waals surface area contributed by atoms with Crippen molar-refractivity contribution >= 4 is 44.9 Å². The zero-order valence-corrected chi connectivity index (χ0v) is 17.5. The number of amides is 2. The summed E-state index contributed by atoms with van der Waals surface area (Å²) in [6, 6.07) is 11.4. The molecule has 0 saturated carbocycles. The van der Waals surface area contributed by atoms with Crippen molar-refractivity contribution in [2.24, 2.45) is 0 Å². The van der Waals surface area contributed by atoms with Gasteiger partial charge in [0, 0.05) is 0 Å². The fraction of sp³-hybridized carbons (Fsp3) is 0.200. The monoisotopic (exact) mass is 447 g/mol. The first-order chi connectivity index (χ1) is 12.9. The van der Waals surface area contributed by atoms with Gasteiger partial charge in [0.1, 0.15) is 0 Å². The lowest BCUT2D eigenvalue weighted by Gasteiger charge is -2.13. The molecule has 27 heavy (non-hydrogen) atoms. The maximum Gasteiger partial charge on any atom is 0.293 e. The van der Waals surface area contributed by atoms with Crippen LogP contribution in [-0.4, -0.2) is 30.3 Å². The van der Waals surface area contributed by atoms with E-state index in [-0.39, 0.29) is 17.7 Å². The number of hydrogen-bond donors (Lipinski definition) is 0. The van der Waals surface area contributed by atoms with Gasteiger partial charge in [0.05, 0.1) is 30.1 Å². The summed E-state index contributed by atoms with van der Waals surface area (Å²) < 4.78 is 11.3. The molecule has 0 spiro atoms. The van der Waals surface area contributed by atoms with Crippen LogP contribution in [0, 0.1) is 6.92 Å². The van der Waals surface area contributed by atoms with E-state index in [4.69, 9.17) is 9.47 Å². The topological polar surface area (TPSA) is 55.8 Å². The summed E-state index contributed by atoms with van der Waals surface area (Å²) in [6.07, 6.45) is 1.69. The molecule has 1 fully saturated rings. The molecule has 5 nitrogen and oxygen atoms in total. The van der Waals surface area contributed by atoms with Crippen LogP contribution in [0.4, 0.5) is 4.79 Å². The number of nitrogens with zero attached hydrogens (tertiary/aromatic N) is 1. The predicted molar refractivity (Wildman–Crippen MR) is 110 cm³/mol. The smallest absolute Gasteiger partial charge is 0.293 e. The van der Waals surface area contributed by atoms with Gasteiger partial charge in [0.2, 0.25) is 0 Å². The highest BCUT2D eigenvalue weighted by Gasteiger charge is 2.35. The highest BCUT2D eigenvalue weighted by molar-refractivity contribution is 9.10. The summed E-state index contributed by atoms with van der Waals surface area (Å²) in [5.41, 5.74) is 2.75. The van der Waals surface area contributed by atoms with Gasteiger partial charge in [-0.1, -0.05) is 29.8 Å². The molecule has 0 aromatic heterocycles. The molecule has 140 valence electrons. The molecule has 0 N–H and O–H groups in total. The summed E-state index contributed by atoms with van der Waals surface area (Å²) in [6.45, 7) is 2.24. The Labute approximate surface area is 170 Å². The van der Waals surface area contributed by atoms with E-state index in [1.165, 1.54) is 4.90 Å². The quantitative estimate of drug-likeness (QED) is 0.602. The number of hydrogen-bond acceptors (Lipinski definition) is 5. The van der Waals surface area contributed by atoms with Gasteiger partial charge in [-0.2, -0.15) is 0 Å². The minimum Gasteiger partial charge on any atom is -0.493 e. The molecule has 2 aromatic carbocycles. The van der Waals surface area contributed by atoms with Crippen LogP contribution in [0.5, 0.6) is 11.5 Å². The van der Waals surface area contributed by atoms with Crippen molar-refractivity contribution in [2.45, 2.75) is 13.5 Å². The van der Waals surface area contributed by atoms with E-state index in [1.807, 2.05) is 37.3 Å². The lowest BCUT2D eigenvalue weighted by Crippen LogP contribution is -2.27. The molecule has 0 unspecified atom stereocenters. The molecule has 0 aliphatic carbocycles. The zero-order chi connectivity index (χ0) is 19.6. The molecule has 1 aliphatic rings. The third-order valence-electron chi connectivity index (χ3n) is 4.05. The van der Waals surface area contributed by atoms with E-state index in [1.54, 1.807) is 26.4 Å². The van der Waals surface area contributed by atoms with Gasteiger partial charge in [0.15, 0.2) is 11.5 Å². The summed E-state index contributed by atoms with van der Waals surface area (Å²) in [4.78, 5) is 26.7. The van der Waals surface area contributed by atoms with Crippen molar-refractivity contribution in [3.05, 3.63) is 62.5 Å². The van der Waals surface area contributed by atoms with E-state index in [0.717, 1.165) is 28.5 Å². The van der Waals surface area contributed by atoms with Crippen molar-refractivity contribution < 1.29 is 19.1 Å². The largest absolute Gasteiger partial charge is 0.493 e. The molecular formula is C20H18BrNO4S. The number of carbonyl (C=O) groups excluding carboxylic acids is 2. The third kappa shape index (κ3) is 4.20. The summed E-state index contributed by atoms with van der Waals surface area (Å²) in [5.74, 6) is 0.816. The number of imide groups is 1. The lowest BCUT2D eigenvalue weighted by atomic mass is 10.1. The number of methoxy groups -OCH3 is 2. The number of thioether (sulfide) groups is 1. The lowest BCUT2D eigenvalue weighted by molar-refractivity contribution is -0.123. The van der Waals surface area contributed by atoms with Crippen molar-refractivity contribution in [3.8, 4) is 11.5 Å². The fourth-order valence-electron chi connectivity index (χ4n) is 2.80. The maximum atomic E-state index is 12.7. The Kier molecular flexibility index (Phi) is 5.92. The van der Waals surface area contributed by atoms with E-state index in [9.17, 15) is 9.59 Å². The molecule has 1 heterocycles. The van der Waals surface area contributed by atoms with Crippen molar-refractivity contribution in [3.63, 3.8) is 0 Å². The number of halogens is 1. The maximum absolute atomic E-state index is 12.7. The highest BCUT2D eigenvalue weighted by Crippen LogP contribution is 2.39. The second kappa shape index (κ2) is 8.19. The van der Waals surface area contributed by atoms with Crippen LogP contribution in [0.3, 0.4) is 0 Å². The van der Waals surface area contributed by atoms with Crippen molar-refractivity contribution in [1.29, 1.82) is 0 Å². The first kappa shape index (κ1) is 19.5. The minimum absolute atomic E-state index is 0.263. The minimum atomic E-state index is -0.294. The Bertz CT molecular complexity index is 942. The van der Waals surface area contributed by atoms with Crippen LogP contribution < -0.4 is 9.47 Å². The van der Waals surface area contributed by atoms with Crippen LogP contribution in [-0.2, 0) is 11.3 Å². The van der Waals surface area contributed by atoms with E-state index in [2.05, 4.69) is 15.9 Å². The average Bonchev–Trinajstić information content (AvgIpc) is 2.88. The van der Waals surface area contributed by atoms with Gasteiger partial charge < -0.3 is 9.47 Å². The molecule has 2 amide bonds. The molecule has 2 aromatic rings. The molecule has 1 aliphatic heterocycles. The second-order valence-electron chi connectivity index (χ2n) is 6.00. The molecule has 1 saturated heterocycles. The molecular weight excluding hydrogens is 430 g/mol. The van der Waals surface area contributed by atoms with Gasteiger partial charge >= 0.3 is 0 Å². The van der Waals surface area contributed by atoms with Crippen molar-refractivity contribution in [2.75, 3.05) is 14.2 Å². The second-order valence-corrected chi connectivity index (χ2v) is 7.84. The van der Waals surface area contributed by atoms with Crippen LogP contribution >= 0.6 is 27.7 Å². The number of rotatable bonds is 5.